The molecule has 180 valence electrons. The van der Waals surface area contributed by atoms with Crippen molar-refractivity contribution in [3.63, 3.8) is 0 Å². The maximum atomic E-state index is 15.2. The Kier molecular flexibility index (Phi) is 6.24. The van der Waals surface area contributed by atoms with Crippen molar-refractivity contribution in [1.29, 1.82) is 0 Å². The lowest BCUT2D eigenvalue weighted by molar-refractivity contribution is -0.141. The lowest BCUT2D eigenvalue weighted by atomic mass is 9.87. The number of anilines is 1. The summed E-state index contributed by atoms with van der Waals surface area (Å²) in [5.41, 5.74) is -2.45. The number of benzene rings is 1. The summed E-state index contributed by atoms with van der Waals surface area (Å²) in [4.78, 5) is 26.8. The fourth-order valence-electron chi connectivity index (χ4n) is 4.07. The largest absolute Gasteiger partial charge is 0.491 e. The minimum absolute atomic E-state index is 0.104. The predicted octanol–water partition coefficient (Wildman–Crippen LogP) is 4.92. The summed E-state index contributed by atoms with van der Waals surface area (Å²) in [5.74, 6) is -3.50. The van der Waals surface area contributed by atoms with Gasteiger partial charge >= 0.3 is 6.18 Å². The van der Waals surface area contributed by atoms with Crippen molar-refractivity contribution < 1.29 is 36.3 Å². The second-order valence-corrected chi connectivity index (χ2v) is 7.97. The lowest BCUT2D eigenvalue weighted by Crippen LogP contribution is -2.20. The van der Waals surface area contributed by atoms with Crippen LogP contribution in [0.2, 0.25) is 0 Å². The molecule has 0 aliphatic heterocycles. The highest BCUT2D eigenvalue weighted by molar-refractivity contribution is 6.05. The van der Waals surface area contributed by atoms with E-state index in [0.717, 1.165) is 36.3 Å². The van der Waals surface area contributed by atoms with Gasteiger partial charge in [0.05, 0.1) is 24.2 Å². The summed E-state index contributed by atoms with van der Waals surface area (Å²) >= 11 is 0. The zero-order chi connectivity index (χ0) is 24.6. The number of pyridine rings is 1. The molecule has 0 unspecified atom stereocenters. The zero-order valence-electron chi connectivity index (χ0n) is 17.8. The Hall–Kier alpha value is -3.57. The summed E-state index contributed by atoms with van der Waals surface area (Å²) in [5, 5.41) is 6.07. The minimum Gasteiger partial charge on any atom is -0.491 e. The van der Waals surface area contributed by atoms with Gasteiger partial charge in [0.25, 0.3) is 5.91 Å². The van der Waals surface area contributed by atoms with Crippen LogP contribution < -0.4 is 10.1 Å². The van der Waals surface area contributed by atoms with E-state index in [-0.39, 0.29) is 28.6 Å². The third-order valence-corrected chi connectivity index (χ3v) is 5.83. The van der Waals surface area contributed by atoms with Crippen LogP contribution in [0.1, 0.15) is 47.9 Å². The molecule has 1 aromatic carbocycles. The first-order valence-corrected chi connectivity index (χ1v) is 10.4. The number of methoxy groups -OCH3 is 1. The van der Waals surface area contributed by atoms with E-state index in [9.17, 15) is 22.8 Å². The number of carbonyl (C=O) groups is 2. The fraction of sp³-hybridized carbons (Fsp3) is 0.364. The quantitative estimate of drug-likeness (QED) is 0.412. The molecule has 1 amide bonds. The average Bonchev–Trinajstić information content (AvgIpc) is 3.15. The molecule has 2 heterocycles. The van der Waals surface area contributed by atoms with E-state index in [4.69, 9.17) is 4.74 Å². The minimum atomic E-state index is -4.76. The lowest BCUT2D eigenvalue weighted by Gasteiger charge is -2.25. The van der Waals surface area contributed by atoms with Crippen LogP contribution in [0.25, 0.3) is 10.9 Å². The van der Waals surface area contributed by atoms with Crippen LogP contribution in [0.4, 0.5) is 27.6 Å². The van der Waals surface area contributed by atoms with Crippen LogP contribution >= 0.6 is 0 Å². The van der Waals surface area contributed by atoms with Crippen molar-refractivity contribution >= 4 is 28.8 Å². The molecule has 1 aliphatic carbocycles. The maximum absolute atomic E-state index is 15.2. The van der Waals surface area contributed by atoms with Gasteiger partial charge in [0.15, 0.2) is 11.6 Å². The Balaban J connectivity index is 1.69. The molecular formula is C22H19F5N4O3. The molecule has 12 heteroatoms. The van der Waals surface area contributed by atoms with Gasteiger partial charge in [0, 0.05) is 5.92 Å². The number of hydrogen-bond donors (Lipinski definition) is 1. The Labute approximate surface area is 189 Å². The highest BCUT2D eigenvalue weighted by atomic mass is 19.4. The van der Waals surface area contributed by atoms with E-state index >= 15 is 8.78 Å². The number of carbonyl (C=O) groups excluding carboxylic acids is 2. The van der Waals surface area contributed by atoms with Gasteiger partial charge in [-0.25, -0.2) is 14.1 Å². The summed E-state index contributed by atoms with van der Waals surface area (Å²) in [6, 6.07) is 3.50. The third-order valence-electron chi connectivity index (χ3n) is 5.83. The van der Waals surface area contributed by atoms with Gasteiger partial charge in [-0.1, -0.05) is 6.07 Å². The number of nitrogens with one attached hydrogen (secondary N) is 1. The number of aldehydes is 1. The summed E-state index contributed by atoms with van der Waals surface area (Å²) in [7, 11) is 1.12. The maximum Gasteiger partial charge on any atom is 0.433 e. The third kappa shape index (κ3) is 4.31. The van der Waals surface area contributed by atoms with Gasteiger partial charge in [-0.3, -0.25) is 4.79 Å². The van der Waals surface area contributed by atoms with Crippen molar-refractivity contribution in [2.24, 2.45) is 5.92 Å². The van der Waals surface area contributed by atoms with Crippen molar-refractivity contribution in [3.8, 4) is 5.75 Å². The van der Waals surface area contributed by atoms with Crippen molar-refractivity contribution in [1.82, 2.24) is 14.8 Å². The summed E-state index contributed by atoms with van der Waals surface area (Å²) < 4.78 is 75.2. The summed E-state index contributed by atoms with van der Waals surface area (Å²) in [6.07, 6.45) is -1.82. The van der Waals surface area contributed by atoms with Crippen LogP contribution in [0.3, 0.4) is 0 Å². The topological polar surface area (TPSA) is 86.1 Å². The van der Waals surface area contributed by atoms with Crippen LogP contribution in [0.5, 0.6) is 5.75 Å². The number of nitrogens with zero attached hydrogens (tertiary/aromatic N) is 3. The highest BCUT2D eigenvalue weighted by Gasteiger charge is 2.33. The van der Waals surface area contributed by atoms with Crippen LogP contribution in [0, 0.1) is 17.7 Å². The monoisotopic (exact) mass is 482 g/mol. The van der Waals surface area contributed by atoms with Gasteiger partial charge in [-0.2, -0.15) is 22.7 Å². The van der Waals surface area contributed by atoms with Crippen molar-refractivity contribution in [2.75, 3.05) is 12.4 Å². The fourth-order valence-corrected chi connectivity index (χ4v) is 4.07. The van der Waals surface area contributed by atoms with Gasteiger partial charge in [-0.05, 0) is 43.9 Å². The molecule has 2 aromatic heterocycles. The van der Waals surface area contributed by atoms with E-state index < -0.39 is 41.0 Å². The molecule has 3 aromatic rings. The van der Waals surface area contributed by atoms with Crippen molar-refractivity contribution in [3.05, 3.63) is 47.4 Å². The standard InChI is InChI=1S/C22H19F5N4O3/c1-34-19-15(29-21(33)14-3-2-4-16(28-14)22(25,26)27)9-13-18(17(19)23)30-31(20(13)24)12-7-5-11(10-32)6-8-12/h2-4,9-12H,5-8H2,1H3,(H,29,33)/t11-,12-. The Morgan fingerprint density at radius 2 is 1.91 bits per heavy atom. The molecule has 0 saturated heterocycles. The number of halogens is 5. The molecule has 0 radical (unpaired) electrons. The number of ether oxygens (including phenoxy) is 1. The molecule has 0 spiro atoms. The van der Waals surface area contributed by atoms with Crippen LogP contribution in [-0.2, 0) is 11.0 Å². The Bertz CT molecular complexity index is 1250. The van der Waals surface area contributed by atoms with E-state index in [1.165, 1.54) is 0 Å². The summed E-state index contributed by atoms with van der Waals surface area (Å²) in [6.45, 7) is 0. The normalized spacial score (nSPS) is 18.6. The highest BCUT2D eigenvalue weighted by Crippen LogP contribution is 2.38. The second kappa shape index (κ2) is 8.99. The van der Waals surface area contributed by atoms with E-state index in [2.05, 4.69) is 15.4 Å². The first kappa shape index (κ1) is 23.6. The Morgan fingerprint density at radius 1 is 1.21 bits per heavy atom. The Morgan fingerprint density at radius 3 is 2.53 bits per heavy atom. The van der Waals surface area contributed by atoms with E-state index in [0.29, 0.717) is 31.7 Å². The molecule has 7 nitrogen and oxygen atoms in total. The SMILES string of the molecule is COc1c(NC(=O)c2cccc(C(F)(F)F)n2)cc2c(F)n([C@H]3CC[C@H](C=O)CC3)nc2c1F. The first-order chi connectivity index (χ1) is 16.1. The van der Waals surface area contributed by atoms with Gasteiger partial charge in [-0.15, -0.1) is 0 Å². The molecule has 0 bridgehead atoms. The number of fused-ring (bicyclic) bond motifs is 1. The van der Waals surface area contributed by atoms with Gasteiger partial charge < -0.3 is 14.8 Å². The molecule has 1 N–H and O–H groups in total. The molecule has 0 atom stereocenters. The molecule has 4 rings (SSSR count). The molecule has 1 fully saturated rings. The number of alkyl halides is 3. The molecular weight excluding hydrogens is 463 g/mol. The van der Waals surface area contributed by atoms with Gasteiger partial charge in [0.1, 0.15) is 23.2 Å². The molecule has 1 aliphatic rings. The number of amides is 1. The van der Waals surface area contributed by atoms with E-state index in [1.807, 2.05) is 0 Å². The number of aromatic nitrogens is 3. The van der Waals surface area contributed by atoms with Gasteiger partial charge in [0.2, 0.25) is 5.95 Å². The van der Waals surface area contributed by atoms with E-state index in [1.54, 1.807) is 0 Å². The predicted molar refractivity (Wildman–Crippen MR) is 110 cm³/mol. The number of rotatable bonds is 5. The molecule has 1 saturated carbocycles. The van der Waals surface area contributed by atoms with Crippen LogP contribution in [-0.4, -0.2) is 34.1 Å². The zero-order valence-corrected chi connectivity index (χ0v) is 17.8. The van der Waals surface area contributed by atoms with Crippen LogP contribution in [0.15, 0.2) is 24.3 Å². The molecule has 34 heavy (non-hydrogen) atoms. The number of hydrogen-bond acceptors (Lipinski definition) is 5. The smallest absolute Gasteiger partial charge is 0.433 e. The average molecular weight is 482 g/mol. The first-order valence-electron chi connectivity index (χ1n) is 10.4. The van der Waals surface area contributed by atoms with Crippen molar-refractivity contribution in [2.45, 2.75) is 37.9 Å². The second-order valence-electron chi connectivity index (χ2n) is 7.97.